The number of hydrogen-bond donors (Lipinski definition) is 2. The van der Waals surface area contributed by atoms with Gasteiger partial charge in [0, 0.05) is 11.1 Å². The first-order valence-corrected chi connectivity index (χ1v) is 6.50. The SMILES string of the molecule is CCC1(NC(F)(F)CF)CCc2c(C(N)=O)cccc21. The van der Waals surface area contributed by atoms with Crippen LogP contribution in [-0.2, 0) is 12.0 Å². The molecule has 3 N–H and O–H groups in total. The second kappa shape index (κ2) is 5.09. The molecule has 0 radical (unpaired) electrons. The zero-order chi connectivity index (χ0) is 15.0. The molecule has 0 saturated carbocycles. The molecule has 1 unspecified atom stereocenters. The van der Waals surface area contributed by atoms with Gasteiger partial charge in [0.15, 0.2) is 6.67 Å². The molecule has 1 amide bonds. The Hall–Kier alpha value is -1.56. The number of hydrogen-bond acceptors (Lipinski definition) is 2. The van der Waals surface area contributed by atoms with Crippen molar-refractivity contribution in [3.8, 4) is 0 Å². The fraction of sp³-hybridized carbons (Fsp3) is 0.500. The second-order valence-corrected chi connectivity index (χ2v) is 5.09. The highest BCUT2D eigenvalue weighted by Crippen LogP contribution is 2.42. The van der Waals surface area contributed by atoms with Crippen LogP contribution in [0.1, 0.15) is 41.3 Å². The molecule has 0 aliphatic heterocycles. The lowest BCUT2D eigenvalue weighted by Crippen LogP contribution is -2.51. The first-order chi connectivity index (χ1) is 9.35. The van der Waals surface area contributed by atoms with Gasteiger partial charge in [-0.2, -0.15) is 8.78 Å². The number of halogens is 3. The third-order valence-electron chi connectivity index (χ3n) is 3.95. The summed E-state index contributed by atoms with van der Waals surface area (Å²) < 4.78 is 39.3. The number of benzene rings is 1. The third-order valence-corrected chi connectivity index (χ3v) is 3.95. The van der Waals surface area contributed by atoms with Crippen LogP contribution in [-0.4, -0.2) is 18.6 Å². The Morgan fingerprint density at radius 3 is 2.75 bits per heavy atom. The molecule has 3 nitrogen and oxygen atoms in total. The van der Waals surface area contributed by atoms with Crippen LogP contribution in [0.2, 0.25) is 0 Å². The average molecular weight is 286 g/mol. The number of carbonyl (C=O) groups excluding carboxylic acids is 1. The second-order valence-electron chi connectivity index (χ2n) is 5.09. The van der Waals surface area contributed by atoms with Gasteiger partial charge in [-0.25, -0.2) is 9.71 Å². The van der Waals surface area contributed by atoms with E-state index in [0.29, 0.717) is 36.0 Å². The largest absolute Gasteiger partial charge is 0.366 e. The lowest BCUT2D eigenvalue weighted by molar-refractivity contribution is -0.0827. The van der Waals surface area contributed by atoms with Crippen LogP contribution in [0.25, 0.3) is 0 Å². The number of primary amides is 1. The van der Waals surface area contributed by atoms with Crippen molar-refractivity contribution in [1.82, 2.24) is 5.32 Å². The van der Waals surface area contributed by atoms with Crippen LogP contribution >= 0.6 is 0 Å². The van der Waals surface area contributed by atoms with Gasteiger partial charge in [-0.1, -0.05) is 19.1 Å². The Morgan fingerprint density at radius 1 is 1.50 bits per heavy atom. The summed E-state index contributed by atoms with van der Waals surface area (Å²) in [7, 11) is 0. The number of fused-ring (bicyclic) bond motifs is 1. The van der Waals surface area contributed by atoms with E-state index in [2.05, 4.69) is 5.32 Å². The van der Waals surface area contributed by atoms with Gasteiger partial charge < -0.3 is 5.73 Å². The summed E-state index contributed by atoms with van der Waals surface area (Å²) >= 11 is 0. The fourth-order valence-electron chi connectivity index (χ4n) is 2.98. The Labute approximate surface area is 115 Å². The molecule has 1 aliphatic rings. The van der Waals surface area contributed by atoms with E-state index >= 15 is 0 Å². The fourth-order valence-corrected chi connectivity index (χ4v) is 2.98. The maximum absolute atomic E-state index is 13.4. The summed E-state index contributed by atoms with van der Waals surface area (Å²) in [5.41, 5.74) is 5.93. The highest BCUT2D eigenvalue weighted by molar-refractivity contribution is 5.95. The molecule has 0 heterocycles. The van der Waals surface area contributed by atoms with Gasteiger partial charge in [0.1, 0.15) is 0 Å². The first-order valence-electron chi connectivity index (χ1n) is 6.50. The van der Waals surface area contributed by atoms with E-state index in [4.69, 9.17) is 5.73 Å². The molecule has 0 saturated heterocycles. The standard InChI is InChI=1S/C14H17F3N2O/c1-2-13(19-14(16,17)8-15)7-6-9-10(12(18)20)4-3-5-11(9)13/h3-5,19H,2,6-8H2,1H3,(H2,18,20). The summed E-state index contributed by atoms with van der Waals surface area (Å²) in [6.45, 7) is -0.00700. The molecule has 1 aliphatic carbocycles. The summed E-state index contributed by atoms with van der Waals surface area (Å²) in [5.74, 6) is -0.578. The van der Waals surface area contributed by atoms with Crippen LogP contribution in [0.15, 0.2) is 18.2 Å². The van der Waals surface area contributed by atoms with E-state index in [0.717, 1.165) is 0 Å². The lowest BCUT2D eigenvalue weighted by Gasteiger charge is -2.34. The molecule has 2 rings (SSSR count). The highest BCUT2D eigenvalue weighted by atomic mass is 19.3. The minimum absolute atomic E-state index is 0.350. The van der Waals surface area contributed by atoms with Crippen molar-refractivity contribution in [2.45, 2.75) is 37.8 Å². The van der Waals surface area contributed by atoms with Crippen molar-refractivity contribution >= 4 is 5.91 Å². The van der Waals surface area contributed by atoms with Gasteiger partial charge in [0.25, 0.3) is 0 Å². The van der Waals surface area contributed by atoms with Crippen LogP contribution < -0.4 is 11.1 Å². The van der Waals surface area contributed by atoms with E-state index in [1.54, 1.807) is 25.1 Å². The Morgan fingerprint density at radius 2 is 2.20 bits per heavy atom. The average Bonchev–Trinajstić information content (AvgIpc) is 2.77. The highest BCUT2D eigenvalue weighted by Gasteiger charge is 2.45. The van der Waals surface area contributed by atoms with Crippen molar-refractivity contribution < 1.29 is 18.0 Å². The number of nitrogens with two attached hydrogens (primary N) is 1. The zero-order valence-electron chi connectivity index (χ0n) is 11.2. The van der Waals surface area contributed by atoms with Gasteiger partial charge in [0.2, 0.25) is 5.91 Å². The molecule has 0 bridgehead atoms. The molecule has 110 valence electrons. The van der Waals surface area contributed by atoms with Crippen LogP contribution in [0.5, 0.6) is 0 Å². The molecule has 6 heteroatoms. The van der Waals surface area contributed by atoms with Gasteiger partial charge in [-0.3, -0.25) is 4.79 Å². The maximum atomic E-state index is 13.4. The number of alkyl halides is 3. The maximum Gasteiger partial charge on any atom is 0.331 e. The minimum Gasteiger partial charge on any atom is -0.366 e. The van der Waals surface area contributed by atoms with Crippen LogP contribution in [0, 0.1) is 0 Å². The van der Waals surface area contributed by atoms with E-state index in [1.165, 1.54) is 0 Å². The lowest BCUT2D eigenvalue weighted by atomic mass is 9.88. The quantitative estimate of drug-likeness (QED) is 0.817. The van der Waals surface area contributed by atoms with Crippen molar-refractivity contribution in [1.29, 1.82) is 0 Å². The molecule has 0 fully saturated rings. The van der Waals surface area contributed by atoms with Crippen molar-refractivity contribution in [3.63, 3.8) is 0 Å². The summed E-state index contributed by atoms with van der Waals surface area (Å²) in [6, 6.07) is 1.31. The van der Waals surface area contributed by atoms with E-state index in [9.17, 15) is 18.0 Å². The molecule has 20 heavy (non-hydrogen) atoms. The molecular formula is C14H17F3N2O. The summed E-state index contributed by atoms with van der Waals surface area (Å²) in [5, 5.41) is 2.13. The Bertz CT molecular complexity index is 533. The smallest absolute Gasteiger partial charge is 0.331 e. The predicted molar refractivity (Wildman–Crippen MR) is 69.3 cm³/mol. The number of carbonyl (C=O) groups is 1. The summed E-state index contributed by atoms with van der Waals surface area (Å²) in [6.07, 6.45) is 1.23. The monoisotopic (exact) mass is 286 g/mol. The Balaban J connectivity index is 2.48. The van der Waals surface area contributed by atoms with Gasteiger partial charge in [0.05, 0.1) is 0 Å². The van der Waals surface area contributed by atoms with Gasteiger partial charge in [-0.15, -0.1) is 0 Å². The normalized spacial score (nSPS) is 21.8. The van der Waals surface area contributed by atoms with Crippen LogP contribution in [0.4, 0.5) is 13.2 Å². The molecule has 0 spiro atoms. The van der Waals surface area contributed by atoms with E-state index in [1.807, 2.05) is 0 Å². The molecule has 0 aromatic heterocycles. The van der Waals surface area contributed by atoms with Crippen molar-refractivity contribution in [2.75, 3.05) is 6.67 Å². The zero-order valence-corrected chi connectivity index (χ0v) is 11.2. The van der Waals surface area contributed by atoms with Crippen molar-refractivity contribution in [3.05, 3.63) is 34.9 Å². The van der Waals surface area contributed by atoms with E-state index < -0.39 is 24.2 Å². The van der Waals surface area contributed by atoms with E-state index in [-0.39, 0.29) is 0 Å². The van der Waals surface area contributed by atoms with Gasteiger partial charge in [-0.05, 0) is 36.5 Å². The third kappa shape index (κ3) is 2.40. The van der Waals surface area contributed by atoms with Gasteiger partial charge >= 0.3 is 6.05 Å². The minimum atomic E-state index is -3.58. The number of nitrogens with one attached hydrogen (secondary N) is 1. The van der Waals surface area contributed by atoms with Crippen molar-refractivity contribution in [2.24, 2.45) is 5.73 Å². The molecule has 1 atom stereocenters. The first kappa shape index (κ1) is 14.8. The number of rotatable bonds is 5. The Kier molecular flexibility index (Phi) is 3.77. The number of amides is 1. The molecule has 1 aromatic rings. The molecule has 1 aromatic carbocycles. The molecular weight excluding hydrogens is 269 g/mol. The summed E-state index contributed by atoms with van der Waals surface area (Å²) in [4.78, 5) is 11.4. The predicted octanol–water partition coefficient (Wildman–Crippen LogP) is 2.49. The van der Waals surface area contributed by atoms with Crippen LogP contribution in [0.3, 0.4) is 0 Å². The topological polar surface area (TPSA) is 55.1 Å².